The molecule has 0 bridgehead atoms. The van der Waals surface area contributed by atoms with Crippen LogP contribution in [-0.4, -0.2) is 10.9 Å². The Bertz CT molecular complexity index is 532. The van der Waals surface area contributed by atoms with Gasteiger partial charge in [0.15, 0.2) is 11.3 Å². The van der Waals surface area contributed by atoms with E-state index in [1.165, 1.54) is 43.2 Å². The van der Waals surface area contributed by atoms with Crippen molar-refractivity contribution in [1.82, 2.24) is 4.98 Å². The quantitative estimate of drug-likeness (QED) is 0.657. The second-order valence-electron chi connectivity index (χ2n) is 6.18. The summed E-state index contributed by atoms with van der Waals surface area (Å²) < 4.78 is 0. The Balaban J connectivity index is 0.000000545. The van der Waals surface area contributed by atoms with Crippen LogP contribution in [0.1, 0.15) is 62.7 Å². The summed E-state index contributed by atoms with van der Waals surface area (Å²) in [6.45, 7) is 2.34. The van der Waals surface area contributed by atoms with E-state index in [4.69, 9.17) is 5.26 Å². The number of nitriles is 1. The Hall–Kier alpha value is -1.61. The normalized spacial score (nSPS) is 24.4. The van der Waals surface area contributed by atoms with Gasteiger partial charge in [-0.1, -0.05) is 32.6 Å². The Kier molecular flexibility index (Phi) is 6.20. The number of carbonyl (C=O) groups excluding carboxylic acids is 1. The summed E-state index contributed by atoms with van der Waals surface area (Å²) in [6.07, 6.45) is 11.8. The highest BCUT2D eigenvalue weighted by molar-refractivity contribution is 7.15. The first kappa shape index (κ1) is 16.8. The maximum atomic E-state index is 11.9. The zero-order chi connectivity index (χ0) is 15.9. The van der Waals surface area contributed by atoms with Crippen molar-refractivity contribution in [2.24, 2.45) is 17.6 Å². The fourth-order valence-corrected chi connectivity index (χ4v) is 4.22. The lowest BCUT2D eigenvalue weighted by atomic mass is 9.80. The maximum Gasteiger partial charge on any atom is 0.229 e. The van der Waals surface area contributed by atoms with Crippen molar-refractivity contribution in [2.45, 2.75) is 57.8 Å². The average Bonchev–Trinajstić information content (AvgIpc) is 2.86. The molecule has 6 heteroatoms. The van der Waals surface area contributed by atoms with Crippen LogP contribution in [0.25, 0.3) is 0 Å². The molecule has 2 atom stereocenters. The van der Waals surface area contributed by atoms with Gasteiger partial charge in [0.2, 0.25) is 5.91 Å². The van der Waals surface area contributed by atoms with Gasteiger partial charge in [0.05, 0.1) is 0 Å². The number of anilines is 1. The zero-order valence-corrected chi connectivity index (χ0v) is 13.9. The lowest BCUT2D eigenvalue weighted by Crippen LogP contribution is -2.27. The van der Waals surface area contributed by atoms with Crippen LogP contribution in [0.2, 0.25) is 0 Å². The van der Waals surface area contributed by atoms with Gasteiger partial charge in [-0.2, -0.15) is 5.26 Å². The third-order valence-corrected chi connectivity index (χ3v) is 5.75. The SMILES string of the molecule is CC1CCCC[C@@H]1c1cnc(NC(=O)C2CCC2)s1.N#CN. The van der Waals surface area contributed by atoms with Crippen molar-refractivity contribution in [3.05, 3.63) is 11.1 Å². The second kappa shape index (κ2) is 8.14. The molecule has 2 fully saturated rings. The Labute approximate surface area is 135 Å². The van der Waals surface area contributed by atoms with Gasteiger partial charge >= 0.3 is 0 Å². The first-order valence-corrected chi connectivity index (χ1v) is 8.83. The first-order chi connectivity index (χ1) is 10.7. The molecule has 2 aliphatic rings. The Morgan fingerprint density at radius 1 is 1.36 bits per heavy atom. The number of aromatic nitrogens is 1. The molecule has 1 aromatic heterocycles. The molecule has 2 aliphatic carbocycles. The number of nitrogens with zero attached hydrogens (tertiary/aromatic N) is 2. The molecule has 0 radical (unpaired) electrons. The number of carbonyl (C=O) groups is 1. The highest BCUT2D eigenvalue weighted by atomic mass is 32.1. The monoisotopic (exact) mass is 320 g/mol. The number of amides is 1. The molecule has 2 saturated carbocycles. The van der Waals surface area contributed by atoms with Gasteiger partial charge in [0.1, 0.15) is 0 Å². The standard InChI is InChI=1S/C15H22N2OS.CH2N2/c1-10-5-2-3-8-12(10)13-9-16-15(19-13)17-14(18)11-6-4-7-11;2-1-3/h9-12H,2-8H2,1H3,(H,16,17,18);2H2/t10?,12-;/m0./s1. The van der Waals surface area contributed by atoms with Crippen LogP contribution in [0.3, 0.4) is 0 Å². The van der Waals surface area contributed by atoms with Gasteiger partial charge in [-0.05, 0) is 31.1 Å². The van der Waals surface area contributed by atoms with E-state index in [0.29, 0.717) is 5.92 Å². The minimum atomic E-state index is 0.170. The average molecular weight is 320 g/mol. The van der Waals surface area contributed by atoms with Gasteiger partial charge in [-0.25, -0.2) is 4.98 Å². The van der Waals surface area contributed by atoms with Gasteiger partial charge in [0.25, 0.3) is 0 Å². The van der Waals surface area contributed by atoms with Crippen molar-refractivity contribution >= 4 is 22.4 Å². The third kappa shape index (κ3) is 4.20. The summed E-state index contributed by atoms with van der Waals surface area (Å²) in [5.74, 6) is 1.81. The van der Waals surface area contributed by atoms with Crippen LogP contribution in [0.4, 0.5) is 5.13 Å². The number of thiazole rings is 1. The van der Waals surface area contributed by atoms with E-state index >= 15 is 0 Å². The van der Waals surface area contributed by atoms with E-state index in [-0.39, 0.29) is 11.8 Å². The molecule has 1 heterocycles. The molecule has 1 aromatic rings. The van der Waals surface area contributed by atoms with E-state index in [1.807, 2.05) is 6.20 Å². The van der Waals surface area contributed by atoms with Crippen LogP contribution in [0.5, 0.6) is 0 Å². The van der Waals surface area contributed by atoms with Crippen LogP contribution in [0.15, 0.2) is 6.20 Å². The summed E-state index contributed by atoms with van der Waals surface area (Å²) in [5, 5.41) is 10.9. The molecule has 1 amide bonds. The van der Waals surface area contributed by atoms with Crippen LogP contribution in [-0.2, 0) is 4.79 Å². The van der Waals surface area contributed by atoms with Crippen LogP contribution < -0.4 is 11.1 Å². The fourth-order valence-electron chi connectivity index (χ4n) is 3.13. The first-order valence-electron chi connectivity index (χ1n) is 8.02. The summed E-state index contributed by atoms with van der Waals surface area (Å²) in [6, 6.07) is 0. The fraction of sp³-hybridized carbons (Fsp3) is 0.688. The predicted octanol–water partition coefficient (Wildman–Crippen LogP) is 3.60. The molecule has 0 saturated heterocycles. The zero-order valence-electron chi connectivity index (χ0n) is 13.0. The molecule has 3 rings (SSSR count). The number of nitrogens with one attached hydrogen (secondary N) is 1. The minimum absolute atomic E-state index is 0.170. The lowest BCUT2D eigenvalue weighted by molar-refractivity contribution is -0.122. The number of hydrogen-bond donors (Lipinski definition) is 2. The van der Waals surface area contributed by atoms with Crippen molar-refractivity contribution in [3.8, 4) is 6.19 Å². The van der Waals surface area contributed by atoms with Gasteiger partial charge in [0, 0.05) is 17.0 Å². The van der Waals surface area contributed by atoms with Crippen LogP contribution >= 0.6 is 11.3 Å². The summed E-state index contributed by atoms with van der Waals surface area (Å²) in [5.41, 5.74) is 4.15. The molecule has 0 spiro atoms. The maximum absolute atomic E-state index is 11.9. The van der Waals surface area contributed by atoms with E-state index in [2.05, 4.69) is 23.0 Å². The largest absolute Gasteiger partial charge is 0.337 e. The number of nitrogens with two attached hydrogens (primary N) is 1. The summed E-state index contributed by atoms with van der Waals surface area (Å²) in [4.78, 5) is 17.7. The predicted molar refractivity (Wildman–Crippen MR) is 88.3 cm³/mol. The highest BCUT2D eigenvalue weighted by Gasteiger charge is 2.27. The smallest absolute Gasteiger partial charge is 0.229 e. The second-order valence-corrected chi connectivity index (χ2v) is 7.24. The van der Waals surface area contributed by atoms with E-state index in [9.17, 15) is 4.79 Å². The van der Waals surface area contributed by atoms with Crippen LogP contribution in [0, 0.1) is 23.3 Å². The molecule has 22 heavy (non-hydrogen) atoms. The van der Waals surface area contributed by atoms with E-state index in [0.717, 1.165) is 23.9 Å². The van der Waals surface area contributed by atoms with Crippen molar-refractivity contribution in [1.29, 1.82) is 5.26 Å². The molecule has 5 nitrogen and oxygen atoms in total. The topological polar surface area (TPSA) is 91.8 Å². The molecular weight excluding hydrogens is 296 g/mol. The number of rotatable bonds is 3. The van der Waals surface area contributed by atoms with Gasteiger partial charge < -0.3 is 11.1 Å². The molecular formula is C16H24N4OS. The highest BCUT2D eigenvalue weighted by Crippen LogP contribution is 2.40. The van der Waals surface area contributed by atoms with Crippen molar-refractivity contribution < 1.29 is 4.79 Å². The van der Waals surface area contributed by atoms with Crippen molar-refractivity contribution in [2.75, 3.05) is 5.32 Å². The van der Waals surface area contributed by atoms with E-state index < -0.39 is 0 Å². The molecule has 3 N–H and O–H groups in total. The molecule has 120 valence electrons. The lowest BCUT2D eigenvalue weighted by Gasteiger charge is -2.27. The van der Waals surface area contributed by atoms with Gasteiger partial charge in [-0.3, -0.25) is 4.79 Å². The minimum Gasteiger partial charge on any atom is -0.337 e. The Morgan fingerprint density at radius 2 is 2.05 bits per heavy atom. The third-order valence-electron chi connectivity index (χ3n) is 4.71. The molecule has 1 unspecified atom stereocenters. The molecule has 0 aromatic carbocycles. The van der Waals surface area contributed by atoms with Gasteiger partial charge in [-0.15, -0.1) is 11.3 Å². The summed E-state index contributed by atoms with van der Waals surface area (Å²) >= 11 is 1.68. The Morgan fingerprint density at radius 3 is 2.64 bits per heavy atom. The van der Waals surface area contributed by atoms with Crippen molar-refractivity contribution in [3.63, 3.8) is 0 Å². The molecule has 0 aliphatic heterocycles. The summed E-state index contributed by atoms with van der Waals surface area (Å²) in [7, 11) is 0. The van der Waals surface area contributed by atoms with E-state index in [1.54, 1.807) is 11.3 Å². The number of hydrogen-bond acceptors (Lipinski definition) is 5.